The fourth-order valence-corrected chi connectivity index (χ4v) is 1.92. The Bertz CT molecular complexity index is 270. The number of hydrogen-bond acceptors (Lipinski definition) is 5. The molecule has 0 fully saturated rings. The number of unbranched alkanes of at least 4 members (excludes halogenated alkanes) is 6. The molecule has 5 heteroatoms. The third-order valence-electron chi connectivity index (χ3n) is 3.22. The minimum Gasteiger partial charge on any atom is -0.392 e. The van der Waals surface area contributed by atoms with E-state index in [-0.39, 0.29) is 0 Å². The molecule has 0 amide bonds. The third-order valence-corrected chi connectivity index (χ3v) is 3.22. The van der Waals surface area contributed by atoms with Crippen LogP contribution in [0.25, 0.3) is 0 Å². The van der Waals surface area contributed by atoms with Crippen LogP contribution in [-0.4, -0.2) is 24.5 Å². The van der Waals surface area contributed by atoms with Gasteiger partial charge in [-0.25, -0.2) is 4.79 Å². The normalized spacial score (nSPS) is 12.2. The zero-order valence-electron chi connectivity index (χ0n) is 12.7. The van der Waals surface area contributed by atoms with Gasteiger partial charge in [0.1, 0.15) is 6.04 Å². The quantitative estimate of drug-likeness (QED) is 0.326. The average molecular weight is 286 g/mol. The standard InChI is InChI=1S/C15H30N2O3/c1-2-3-4-5-6-7-8-11-14(18)20-15(19)13(17)10-9-12-16/h13H,2-12,16-17H2,1H3/t13-/m1/s1. The van der Waals surface area contributed by atoms with Crippen molar-refractivity contribution in [3.8, 4) is 0 Å². The highest BCUT2D eigenvalue weighted by Crippen LogP contribution is 2.09. The molecular formula is C15H30N2O3. The summed E-state index contributed by atoms with van der Waals surface area (Å²) in [5.74, 6) is -1.10. The van der Waals surface area contributed by atoms with E-state index in [2.05, 4.69) is 6.92 Å². The maximum absolute atomic E-state index is 11.5. The third kappa shape index (κ3) is 10.9. The van der Waals surface area contributed by atoms with E-state index in [1.54, 1.807) is 0 Å². The molecule has 4 N–H and O–H groups in total. The molecule has 0 aliphatic rings. The summed E-state index contributed by atoms with van der Waals surface area (Å²) in [5, 5.41) is 0. The summed E-state index contributed by atoms with van der Waals surface area (Å²) >= 11 is 0. The lowest BCUT2D eigenvalue weighted by Gasteiger charge is -2.09. The molecule has 0 spiro atoms. The van der Waals surface area contributed by atoms with Crippen molar-refractivity contribution in [2.75, 3.05) is 6.54 Å². The first-order chi connectivity index (χ1) is 9.61. The van der Waals surface area contributed by atoms with Crippen molar-refractivity contribution < 1.29 is 14.3 Å². The van der Waals surface area contributed by atoms with E-state index in [0.29, 0.717) is 25.8 Å². The second-order valence-corrected chi connectivity index (χ2v) is 5.20. The van der Waals surface area contributed by atoms with E-state index in [4.69, 9.17) is 16.2 Å². The van der Waals surface area contributed by atoms with Gasteiger partial charge >= 0.3 is 11.9 Å². The van der Waals surface area contributed by atoms with Crippen molar-refractivity contribution in [3.05, 3.63) is 0 Å². The van der Waals surface area contributed by atoms with Crippen LogP contribution in [0.3, 0.4) is 0 Å². The molecule has 20 heavy (non-hydrogen) atoms. The van der Waals surface area contributed by atoms with Gasteiger partial charge in [0.15, 0.2) is 0 Å². The molecule has 5 nitrogen and oxygen atoms in total. The first-order valence-electron chi connectivity index (χ1n) is 7.82. The van der Waals surface area contributed by atoms with Crippen LogP contribution in [0.5, 0.6) is 0 Å². The van der Waals surface area contributed by atoms with E-state index in [1.165, 1.54) is 25.7 Å². The summed E-state index contributed by atoms with van der Waals surface area (Å²) in [6.45, 7) is 2.66. The minimum atomic E-state index is -0.739. The Morgan fingerprint density at radius 3 is 2.20 bits per heavy atom. The maximum Gasteiger partial charge on any atom is 0.330 e. The second-order valence-electron chi connectivity index (χ2n) is 5.20. The molecule has 118 valence electrons. The molecule has 0 radical (unpaired) electrons. The molecule has 0 bridgehead atoms. The molecule has 0 unspecified atom stereocenters. The van der Waals surface area contributed by atoms with Gasteiger partial charge in [-0.3, -0.25) is 4.79 Å². The van der Waals surface area contributed by atoms with Crippen LogP contribution in [0, 0.1) is 0 Å². The first-order valence-corrected chi connectivity index (χ1v) is 7.82. The summed E-state index contributed by atoms with van der Waals surface area (Å²) in [7, 11) is 0. The van der Waals surface area contributed by atoms with Crippen molar-refractivity contribution in [2.45, 2.75) is 77.2 Å². The second kappa shape index (κ2) is 13.1. The summed E-state index contributed by atoms with van der Waals surface area (Å²) in [6, 6.07) is -0.739. The Hall–Kier alpha value is -0.940. The largest absolute Gasteiger partial charge is 0.392 e. The molecule has 0 aromatic rings. The molecule has 1 atom stereocenters. The van der Waals surface area contributed by atoms with Gasteiger partial charge in [0.2, 0.25) is 0 Å². The van der Waals surface area contributed by atoms with Gasteiger partial charge in [0.25, 0.3) is 0 Å². The number of ether oxygens (including phenoxy) is 1. The summed E-state index contributed by atoms with van der Waals surface area (Å²) in [4.78, 5) is 22.9. The SMILES string of the molecule is CCCCCCCCCC(=O)OC(=O)[C@H](N)CCCN. The van der Waals surface area contributed by atoms with Crippen molar-refractivity contribution >= 4 is 11.9 Å². The highest BCUT2D eigenvalue weighted by atomic mass is 16.6. The maximum atomic E-state index is 11.5. The van der Waals surface area contributed by atoms with Gasteiger partial charge in [0.05, 0.1) is 0 Å². The Labute approximate surface area is 122 Å². The predicted molar refractivity (Wildman–Crippen MR) is 80.0 cm³/mol. The molecule has 0 saturated carbocycles. The molecule has 0 heterocycles. The van der Waals surface area contributed by atoms with Gasteiger partial charge in [-0.05, 0) is 25.8 Å². The van der Waals surface area contributed by atoms with Crippen LogP contribution in [0.2, 0.25) is 0 Å². The lowest BCUT2D eigenvalue weighted by Crippen LogP contribution is -2.34. The minimum absolute atomic E-state index is 0.295. The average Bonchev–Trinajstić information content (AvgIpc) is 2.43. The van der Waals surface area contributed by atoms with Crippen molar-refractivity contribution in [1.29, 1.82) is 0 Å². The van der Waals surface area contributed by atoms with Crippen molar-refractivity contribution in [2.24, 2.45) is 11.5 Å². The summed E-state index contributed by atoms with van der Waals surface area (Å²) in [6.07, 6.45) is 9.31. The Morgan fingerprint density at radius 1 is 1.00 bits per heavy atom. The zero-order chi connectivity index (χ0) is 15.2. The van der Waals surface area contributed by atoms with Gasteiger partial charge in [-0.2, -0.15) is 0 Å². The zero-order valence-corrected chi connectivity index (χ0v) is 12.7. The lowest BCUT2D eigenvalue weighted by atomic mass is 10.1. The number of nitrogens with two attached hydrogens (primary N) is 2. The van der Waals surface area contributed by atoms with E-state index in [0.717, 1.165) is 19.3 Å². The Kier molecular flexibility index (Phi) is 12.4. The molecule has 0 aromatic carbocycles. The molecule has 0 aromatic heterocycles. The van der Waals surface area contributed by atoms with E-state index in [1.807, 2.05) is 0 Å². The number of rotatable bonds is 12. The van der Waals surface area contributed by atoms with Crippen LogP contribution in [0.4, 0.5) is 0 Å². The van der Waals surface area contributed by atoms with Gasteiger partial charge < -0.3 is 16.2 Å². The molecule has 0 rings (SSSR count). The van der Waals surface area contributed by atoms with Crippen LogP contribution in [0.15, 0.2) is 0 Å². The fourth-order valence-electron chi connectivity index (χ4n) is 1.92. The van der Waals surface area contributed by atoms with Gasteiger partial charge in [-0.1, -0.05) is 45.4 Å². The smallest absolute Gasteiger partial charge is 0.330 e. The Morgan fingerprint density at radius 2 is 1.60 bits per heavy atom. The van der Waals surface area contributed by atoms with E-state index in [9.17, 15) is 9.59 Å². The number of esters is 2. The first kappa shape index (κ1) is 19.1. The topological polar surface area (TPSA) is 95.4 Å². The van der Waals surface area contributed by atoms with Crippen LogP contribution < -0.4 is 11.5 Å². The molecule has 0 aliphatic heterocycles. The van der Waals surface area contributed by atoms with Gasteiger partial charge in [0, 0.05) is 6.42 Å². The number of carbonyl (C=O) groups excluding carboxylic acids is 2. The molecular weight excluding hydrogens is 256 g/mol. The van der Waals surface area contributed by atoms with E-state index >= 15 is 0 Å². The molecule has 0 saturated heterocycles. The lowest BCUT2D eigenvalue weighted by molar-refractivity contribution is -0.160. The van der Waals surface area contributed by atoms with Crippen LogP contribution in [0.1, 0.15) is 71.1 Å². The summed E-state index contributed by atoms with van der Waals surface area (Å²) < 4.78 is 4.71. The van der Waals surface area contributed by atoms with Gasteiger partial charge in [-0.15, -0.1) is 0 Å². The van der Waals surface area contributed by atoms with E-state index < -0.39 is 18.0 Å². The van der Waals surface area contributed by atoms with Crippen molar-refractivity contribution in [3.63, 3.8) is 0 Å². The van der Waals surface area contributed by atoms with Crippen LogP contribution in [-0.2, 0) is 14.3 Å². The van der Waals surface area contributed by atoms with Crippen LogP contribution >= 0.6 is 0 Å². The fraction of sp³-hybridized carbons (Fsp3) is 0.867. The monoisotopic (exact) mass is 286 g/mol. The summed E-state index contributed by atoms with van der Waals surface area (Å²) in [5.41, 5.74) is 10.9. The number of carbonyl (C=O) groups is 2. The van der Waals surface area contributed by atoms with Crippen molar-refractivity contribution in [1.82, 2.24) is 0 Å². The highest BCUT2D eigenvalue weighted by molar-refractivity contribution is 5.88. The Balaban J connectivity index is 3.55. The molecule has 0 aliphatic carbocycles. The highest BCUT2D eigenvalue weighted by Gasteiger charge is 2.17. The predicted octanol–water partition coefficient (Wildman–Crippen LogP) is 2.26. The number of hydrogen-bond donors (Lipinski definition) is 2.